The summed E-state index contributed by atoms with van der Waals surface area (Å²) in [6.07, 6.45) is 6.18. The highest BCUT2D eigenvalue weighted by Gasteiger charge is 2.34. The van der Waals surface area contributed by atoms with Crippen molar-refractivity contribution in [2.24, 2.45) is 11.3 Å². The van der Waals surface area contributed by atoms with Gasteiger partial charge in [0.1, 0.15) is 5.75 Å². The molecule has 0 bridgehead atoms. The van der Waals surface area contributed by atoms with E-state index in [1.165, 1.54) is 32.1 Å². The predicted molar refractivity (Wildman–Crippen MR) is 85.5 cm³/mol. The molecule has 2 rings (SSSR count). The third kappa shape index (κ3) is 3.99. The zero-order valence-corrected chi connectivity index (χ0v) is 13.4. The van der Waals surface area contributed by atoms with Crippen LogP contribution in [0.1, 0.15) is 61.9 Å². The number of carbonyl (C=O) groups excluding carboxylic acids is 1. The van der Waals surface area contributed by atoms with Crippen LogP contribution in [0.5, 0.6) is 5.75 Å². The zero-order chi connectivity index (χ0) is 15.5. The van der Waals surface area contributed by atoms with Crippen molar-refractivity contribution in [2.45, 2.75) is 52.9 Å². The van der Waals surface area contributed by atoms with Gasteiger partial charge in [0.05, 0.1) is 0 Å². The molecule has 21 heavy (non-hydrogen) atoms. The number of phenols is 1. The van der Waals surface area contributed by atoms with E-state index in [1.54, 1.807) is 18.2 Å². The Labute approximate surface area is 127 Å². The molecule has 0 heterocycles. The molecular weight excluding hydrogens is 262 g/mol. The van der Waals surface area contributed by atoms with Gasteiger partial charge in [0.15, 0.2) is 0 Å². The van der Waals surface area contributed by atoms with Crippen LogP contribution in [0.4, 0.5) is 0 Å². The highest BCUT2D eigenvalue weighted by molar-refractivity contribution is 5.94. The Morgan fingerprint density at radius 2 is 2.00 bits per heavy atom. The van der Waals surface area contributed by atoms with Gasteiger partial charge in [0, 0.05) is 12.1 Å². The van der Waals surface area contributed by atoms with E-state index in [2.05, 4.69) is 19.2 Å². The standard InChI is InChI=1S/C18H27NO2/c1-13(2)11-18(8-4-5-9-18)12-19-17(21)15-6-7-16(20)14(3)10-15/h6-7,10,13,20H,4-5,8-9,11-12H2,1-3H3,(H,19,21). The van der Waals surface area contributed by atoms with Gasteiger partial charge in [-0.25, -0.2) is 0 Å². The number of nitrogens with one attached hydrogen (secondary N) is 1. The highest BCUT2D eigenvalue weighted by atomic mass is 16.3. The zero-order valence-electron chi connectivity index (χ0n) is 13.4. The maximum atomic E-state index is 12.3. The van der Waals surface area contributed by atoms with Crippen molar-refractivity contribution in [1.82, 2.24) is 5.32 Å². The fourth-order valence-electron chi connectivity index (χ4n) is 3.61. The minimum Gasteiger partial charge on any atom is -0.508 e. The van der Waals surface area contributed by atoms with E-state index in [-0.39, 0.29) is 17.1 Å². The summed E-state index contributed by atoms with van der Waals surface area (Å²) in [7, 11) is 0. The van der Waals surface area contributed by atoms with E-state index in [1.807, 2.05) is 6.92 Å². The second kappa shape index (κ2) is 6.50. The number of benzene rings is 1. The second-order valence-electron chi connectivity index (χ2n) is 6.99. The molecule has 1 aliphatic carbocycles. The summed E-state index contributed by atoms with van der Waals surface area (Å²) in [5.41, 5.74) is 1.65. The maximum Gasteiger partial charge on any atom is 0.251 e. The normalized spacial score (nSPS) is 17.1. The lowest BCUT2D eigenvalue weighted by Crippen LogP contribution is -2.36. The number of amides is 1. The minimum absolute atomic E-state index is 0.0341. The van der Waals surface area contributed by atoms with E-state index in [0.717, 1.165) is 12.1 Å². The molecular formula is C18H27NO2. The molecule has 116 valence electrons. The van der Waals surface area contributed by atoms with Crippen molar-refractivity contribution in [1.29, 1.82) is 0 Å². The number of phenolic OH excluding ortho intramolecular Hbond substituents is 1. The quantitative estimate of drug-likeness (QED) is 0.859. The summed E-state index contributed by atoms with van der Waals surface area (Å²) in [6, 6.07) is 5.01. The fraction of sp³-hybridized carbons (Fsp3) is 0.611. The molecule has 0 saturated heterocycles. The predicted octanol–water partition coefficient (Wildman–Crippen LogP) is 4.04. The van der Waals surface area contributed by atoms with Crippen molar-refractivity contribution >= 4 is 5.91 Å². The molecule has 2 N–H and O–H groups in total. The van der Waals surface area contributed by atoms with E-state index in [4.69, 9.17) is 0 Å². The average Bonchev–Trinajstić information content (AvgIpc) is 2.87. The first-order chi connectivity index (χ1) is 9.92. The van der Waals surface area contributed by atoms with E-state index < -0.39 is 0 Å². The Kier molecular flexibility index (Phi) is 4.92. The van der Waals surface area contributed by atoms with Crippen LogP contribution in [0.3, 0.4) is 0 Å². The Bertz CT molecular complexity index is 502. The molecule has 0 atom stereocenters. The van der Waals surface area contributed by atoms with Crippen LogP contribution in [-0.2, 0) is 0 Å². The van der Waals surface area contributed by atoms with Gasteiger partial charge in [-0.05, 0) is 61.3 Å². The number of carbonyl (C=O) groups is 1. The molecule has 1 aromatic carbocycles. The Hall–Kier alpha value is -1.51. The fourth-order valence-corrected chi connectivity index (χ4v) is 3.61. The second-order valence-corrected chi connectivity index (χ2v) is 6.99. The number of hydrogen-bond acceptors (Lipinski definition) is 2. The molecule has 1 aromatic rings. The first kappa shape index (κ1) is 15.9. The SMILES string of the molecule is Cc1cc(C(=O)NCC2(CC(C)C)CCCC2)ccc1O. The highest BCUT2D eigenvalue weighted by Crippen LogP contribution is 2.42. The third-order valence-corrected chi connectivity index (χ3v) is 4.59. The first-order valence-electron chi connectivity index (χ1n) is 8.00. The van der Waals surface area contributed by atoms with Crippen LogP contribution < -0.4 is 5.32 Å². The summed E-state index contributed by atoms with van der Waals surface area (Å²) in [4.78, 5) is 12.3. The molecule has 1 saturated carbocycles. The van der Waals surface area contributed by atoms with E-state index in [9.17, 15) is 9.90 Å². The molecule has 0 unspecified atom stereocenters. The molecule has 1 fully saturated rings. The van der Waals surface area contributed by atoms with Crippen molar-refractivity contribution < 1.29 is 9.90 Å². The van der Waals surface area contributed by atoms with Gasteiger partial charge in [0.2, 0.25) is 0 Å². The average molecular weight is 289 g/mol. The third-order valence-electron chi connectivity index (χ3n) is 4.59. The van der Waals surface area contributed by atoms with Crippen LogP contribution in [0.2, 0.25) is 0 Å². The number of aryl methyl sites for hydroxylation is 1. The van der Waals surface area contributed by atoms with Crippen molar-refractivity contribution in [3.8, 4) is 5.75 Å². The Morgan fingerprint density at radius 1 is 1.33 bits per heavy atom. The summed E-state index contributed by atoms with van der Waals surface area (Å²) in [6.45, 7) is 7.09. The Balaban J connectivity index is 2.00. The van der Waals surface area contributed by atoms with Crippen LogP contribution in [0.15, 0.2) is 18.2 Å². The summed E-state index contributed by atoms with van der Waals surface area (Å²) < 4.78 is 0. The van der Waals surface area contributed by atoms with Crippen molar-refractivity contribution in [3.05, 3.63) is 29.3 Å². The van der Waals surface area contributed by atoms with Gasteiger partial charge in [0.25, 0.3) is 5.91 Å². The molecule has 0 radical (unpaired) electrons. The van der Waals surface area contributed by atoms with E-state index >= 15 is 0 Å². The van der Waals surface area contributed by atoms with Crippen molar-refractivity contribution in [2.75, 3.05) is 6.54 Å². The van der Waals surface area contributed by atoms with Gasteiger partial charge in [-0.2, -0.15) is 0 Å². The molecule has 1 aliphatic rings. The molecule has 1 amide bonds. The molecule has 0 aromatic heterocycles. The van der Waals surface area contributed by atoms with Crippen LogP contribution in [0, 0.1) is 18.3 Å². The molecule has 3 heteroatoms. The molecule has 0 spiro atoms. The van der Waals surface area contributed by atoms with Crippen molar-refractivity contribution in [3.63, 3.8) is 0 Å². The first-order valence-corrected chi connectivity index (χ1v) is 8.00. The number of rotatable bonds is 5. The lowest BCUT2D eigenvalue weighted by Gasteiger charge is -2.31. The number of aromatic hydroxyl groups is 1. The van der Waals surface area contributed by atoms with Gasteiger partial charge in [-0.1, -0.05) is 26.7 Å². The van der Waals surface area contributed by atoms with Gasteiger partial charge in [-0.15, -0.1) is 0 Å². The smallest absolute Gasteiger partial charge is 0.251 e. The minimum atomic E-state index is -0.0341. The maximum absolute atomic E-state index is 12.3. The van der Waals surface area contributed by atoms with E-state index in [0.29, 0.717) is 11.5 Å². The van der Waals surface area contributed by atoms with Crippen LogP contribution in [-0.4, -0.2) is 17.6 Å². The van der Waals surface area contributed by atoms with Gasteiger partial charge < -0.3 is 10.4 Å². The monoisotopic (exact) mass is 289 g/mol. The number of hydrogen-bond donors (Lipinski definition) is 2. The lowest BCUT2D eigenvalue weighted by atomic mass is 9.78. The summed E-state index contributed by atoms with van der Waals surface area (Å²) in [5.74, 6) is 0.864. The summed E-state index contributed by atoms with van der Waals surface area (Å²) in [5, 5.41) is 12.6. The largest absolute Gasteiger partial charge is 0.508 e. The molecule has 3 nitrogen and oxygen atoms in total. The lowest BCUT2D eigenvalue weighted by molar-refractivity contribution is 0.0921. The van der Waals surface area contributed by atoms with Gasteiger partial charge >= 0.3 is 0 Å². The molecule has 0 aliphatic heterocycles. The van der Waals surface area contributed by atoms with Crippen LogP contribution >= 0.6 is 0 Å². The topological polar surface area (TPSA) is 49.3 Å². The van der Waals surface area contributed by atoms with Gasteiger partial charge in [-0.3, -0.25) is 4.79 Å². The Morgan fingerprint density at radius 3 is 2.57 bits per heavy atom. The summed E-state index contributed by atoms with van der Waals surface area (Å²) >= 11 is 0. The van der Waals surface area contributed by atoms with Crippen LogP contribution in [0.25, 0.3) is 0 Å².